The zero-order valence-corrected chi connectivity index (χ0v) is 13.9. The third kappa shape index (κ3) is 8.58. The number of hydrogen-bond acceptors (Lipinski definition) is 3. The van der Waals surface area contributed by atoms with Crippen LogP contribution in [0.25, 0.3) is 0 Å². The van der Waals surface area contributed by atoms with Crippen molar-refractivity contribution in [3.63, 3.8) is 0 Å². The molecule has 0 radical (unpaired) electrons. The van der Waals surface area contributed by atoms with Gasteiger partial charge in [0.15, 0.2) is 0 Å². The van der Waals surface area contributed by atoms with Crippen LogP contribution in [0.4, 0.5) is 0 Å². The summed E-state index contributed by atoms with van der Waals surface area (Å²) in [6.45, 7) is 7.11. The minimum atomic E-state index is -0.00578. The maximum Gasteiger partial charge on any atom is 0.223 e. The van der Waals surface area contributed by atoms with Gasteiger partial charge >= 0.3 is 0 Å². The molecule has 0 aliphatic heterocycles. The van der Waals surface area contributed by atoms with Gasteiger partial charge in [-0.2, -0.15) is 0 Å². The van der Waals surface area contributed by atoms with Crippen LogP contribution in [-0.2, 0) is 4.79 Å². The van der Waals surface area contributed by atoms with Gasteiger partial charge < -0.3 is 15.8 Å². The number of carbonyl (C=O) groups excluding carboxylic acids is 1. The zero-order valence-electron chi connectivity index (χ0n) is 13.1. The second-order valence-electron chi connectivity index (χ2n) is 5.54. The SMILES string of the molecule is Cc1cccc(OCCC(=O)NC(CN)CC(C)C)c1.Cl. The summed E-state index contributed by atoms with van der Waals surface area (Å²) in [7, 11) is 0. The highest BCUT2D eigenvalue weighted by Crippen LogP contribution is 2.12. The number of nitrogens with two attached hydrogens (primary N) is 1. The number of rotatable bonds is 8. The van der Waals surface area contributed by atoms with Crippen molar-refractivity contribution in [2.45, 2.75) is 39.7 Å². The summed E-state index contributed by atoms with van der Waals surface area (Å²) in [5, 5.41) is 2.95. The Bertz CT molecular complexity index is 424. The molecule has 0 aliphatic carbocycles. The van der Waals surface area contributed by atoms with Crippen molar-refractivity contribution in [2.24, 2.45) is 11.7 Å². The molecule has 0 heterocycles. The molecule has 1 amide bonds. The molecule has 0 saturated heterocycles. The molecule has 1 aromatic rings. The predicted molar refractivity (Wildman–Crippen MR) is 89.0 cm³/mol. The topological polar surface area (TPSA) is 64.3 Å². The molecular formula is C16H27ClN2O2. The van der Waals surface area contributed by atoms with Crippen LogP contribution < -0.4 is 15.8 Å². The van der Waals surface area contributed by atoms with Crippen molar-refractivity contribution in [1.29, 1.82) is 0 Å². The lowest BCUT2D eigenvalue weighted by Gasteiger charge is -2.18. The van der Waals surface area contributed by atoms with Crippen molar-refractivity contribution in [2.75, 3.05) is 13.2 Å². The van der Waals surface area contributed by atoms with Gasteiger partial charge in [-0.1, -0.05) is 26.0 Å². The summed E-state index contributed by atoms with van der Waals surface area (Å²) in [5.74, 6) is 1.32. The second kappa shape index (κ2) is 10.5. The van der Waals surface area contributed by atoms with Gasteiger partial charge in [0.2, 0.25) is 5.91 Å². The number of carbonyl (C=O) groups is 1. The predicted octanol–water partition coefficient (Wildman–Crippen LogP) is 2.68. The first-order valence-electron chi connectivity index (χ1n) is 7.20. The lowest BCUT2D eigenvalue weighted by molar-refractivity contribution is -0.122. The molecule has 0 spiro atoms. The number of amides is 1. The van der Waals surface area contributed by atoms with Crippen LogP contribution in [0.5, 0.6) is 5.75 Å². The Labute approximate surface area is 133 Å². The molecule has 5 heteroatoms. The van der Waals surface area contributed by atoms with Gasteiger partial charge in [-0.05, 0) is 37.0 Å². The van der Waals surface area contributed by atoms with Crippen molar-refractivity contribution in [3.05, 3.63) is 29.8 Å². The Morgan fingerprint density at radius 3 is 2.67 bits per heavy atom. The quantitative estimate of drug-likeness (QED) is 0.775. The number of aryl methyl sites for hydroxylation is 1. The molecule has 1 unspecified atom stereocenters. The minimum absolute atomic E-state index is 0. The third-order valence-electron chi connectivity index (χ3n) is 2.99. The summed E-state index contributed by atoms with van der Waals surface area (Å²) in [4.78, 5) is 11.8. The summed E-state index contributed by atoms with van der Waals surface area (Å²) >= 11 is 0. The highest BCUT2D eigenvalue weighted by Gasteiger charge is 2.12. The lowest BCUT2D eigenvalue weighted by atomic mass is 10.0. The van der Waals surface area contributed by atoms with E-state index in [9.17, 15) is 4.79 Å². The van der Waals surface area contributed by atoms with Crippen molar-refractivity contribution in [1.82, 2.24) is 5.32 Å². The summed E-state index contributed by atoms with van der Waals surface area (Å²) in [5.41, 5.74) is 6.81. The van der Waals surface area contributed by atoms with E-state index in [2.05, 4.69) is 19.2 Å². The zero-order chi connectivity index (χ0) is 15.0. The molecule has 0 saturated carbocycles. The van der Waals surface area contributed by atoms with Gasteiger partial charge in [0, 0.05) is 12.6 Å². The summed E-state index contributed by atoms with van der Waals surface area (Å²) < 4.78 is 5.56. The van der Waals surface area contributed by atoms with Gasteiger partial charge in [0.1, 0.15) is 5.75 Å². The number of ether oxygens (including phenoxy) is 1. The lowest BCUT2D eigenvalue weighted by Crippen LogP contribution is -2.41. The maximum atomic E-state index is 11.8. The van der Waals surface area contributed by atoms with Crippen LogP contribution in [0.2, 0.25) is 0 Å². The van der Waals surface area contributed by atoms with Gasteiger partial charge in [0.05, 0.1) is 13.0 Å². The largest absolute Gasteiger partial charge is 0.493 e. The number of hydrogen-bond donors (Lipinski definition) is 2. The van der Waals surface area contributed by atoms with Gasteiger partial charge in [-0.15, -0.1) is 12.4 Å². The average Bonchev–Trinajstić information content (AvgIpc) is 2.37. The monoisotopic (exact) mass is 314 g/mol. The highest BCUT2D eigenvalue weighted by atomic mass is 35.5. The van der Waals surface area contributed by atoms with Crippen molar-refractivity contribution in [3.8, 4) is 5.75 Å². The molecular weight excluding hydrogens is 288 g/mol. The number of benzene rings is 1. The van der Waals surface area contributed by atoms with E-state index in [0.29, 0.717) is 25.5 Å². The number of halogens is 1. The molecule has 0 aromatic heterocycles. The first-order valence-corrected chi connectivity index (χ1v) is 7.20. The van der Waals surface area contributed by atoms with E-state index in [1.165, 1.54) is 0 Å². The first kappa shape index (κ1) is 19.7. The molecule has 0 fully saturated rings. The van der Waals surface area contributed by atoms with Crippen LogP contribution in [-0.4, -0.2) is 25.1 Å². The van der Waals surface area contributed by atoms with E-state index >= 15 is 0 Å². The first-order chi connectivity index (χ1) is 9.51. The Hall–Kier alpha value is -1.26. The van der Waals surface area contributed by atoms with E-state index in [0.717, 1.165) is 17.7 Å². The van der Waals surface area contributed by atoms with Crippen molar-refractivity contribution < 1.29 is 9.53 Å². The number of nitrogens with one attached hydrogen (secondary N) is 1. The Morgan fingerprint density at radius 1 is 1.38 bits per heavy atom. The minimum Gasteiger partial charge on any atom is -0.493 e. The maximum absolute atomic E-state index is 11.8. The van der Waals surface area contributed by atoms with Gasteiger partial charge in [-0.25, -0.2) is 0 Å². The molecule has 120 valence electrons. The van der Waals surface area contributed by atoms with Gasteiger partial charge in [0.25, 0.3) is 0 Å². The second-order valence-corrected chi connectivity index (χ2v) is 5.54. The smallest absolute Gasteiger partial charge is 0.223 e. The Morgan fingerprint density at radius 2 is 2.10 bits per heavy atom. The van der Waals surface area contributed by atoms with Crippen LogP contribution >= 0.6 is 12.4 Å². The van der Waals surface area contributed by atoms with E-state index < -0.39 is 0 Å². The fraction of sp³-hybridized carbons (Fsp3) is 0.562. The molecule has 1 rings (SSSR count). The van der Waals surface area contributed by atoms with Crippen LogP contribution in [0, 0.1) is 12.8 Å². The normalized spacial score (nSPS) is 11.7. The molecule has 1 atom stereocenters. The van der Waals surface area contributed by atoms with E-state index in [4.69, 9.17) is 10.5 Å². The molecule has 0 aliphatic rings. The van der Waals surface area contributed by atoms with Crippen LogP contribution in [0.3, 0.4) is 0 Å². The standard InChI is InChI=1S/C16H26N2O2.ClH/c1-12(2)9-14(11-17)18-16(19)7-8-20-15-6-4-5-13(3)10-15;/h4-6,10,12,14H,7-9,11,17H2,1-3H3,(H,18,19);1H. The van der Waals surface area contributed by atoms with E-state index in [-0.39, 0.29) is 24.4 Å². The molecule has 0 bridgehead atoms. The van der Waals surface area contributed by atoms with Crippen LogP contribution in [0.1, 0.15) is 32.3 Å². The Balaban J connectivity index is 0.00000400. The van der Waals surface area contributed by atoms with E-state index in [1.807, 2.05) is 31.2 Å². The van der Waals surface area contributed by atoms with Crippen molar-refractivity contribution >= 4 is 18.3 Å². The van der Waals surface area contributed by atoms with E-state index in [1.54, 1.807) is 0 Å². The highest BCUT2D eigenvalue weighted by molar-refractivity contribution is 5.85. The molecule has 1 aromatic carbocycles. The molecule has 4 nitrogen and oxygen atoms in total. The average molecular weight is 315 g/mol. The molecule has 3 N–H and O–H groups in total. The molecule has 21 heavy (non-hydrogen) atoms. The fourth-order valence-corrected chi connectivity index (χ4v) is 2.05. The summed E-state index contributed by atoms with van der Waals surface area (Å²) in [6.07, 6.45) is 1.25. The summed E-state index contributed by atoms with van der Waals surface area (Å²) in [6, 6.07) is 7.86. The fourth-order valence-electron chi connectivity index (χ4n) is 2.05. The van der Waals surface area contributed by atoms with Gasteiger partial charge in [-0.3, -0.25) is 4.79 Å². The van der Waals surface area contributed by atoms with Crippen LogP contribution in [0.15, 0.2) is 24.3 Å². The Kier molecular flexibility index (Phi) is 9.84. The third-order valence-corrected chi connectivity index (χ3v) is 2.99.